The minimum absolute atomic E-state index is 0. The summed E-state index contributed by atoms with van der Waals surface area (Å²) in [5.74, 6) is 0. The Kier molecular flexibility index (Phi) is 18.3. The summed E-state index contributed by atoms with van der Waals surface area (Å²) in [5.41, 5.74) is 3.80. The molecule has 6 heteroatoms. The van der Waals surface area contributed by atoms with Gasteiger partial charge in [-0.25, -0.2) is 9.97 Å². The van der Waals surface area contributed by atoms with Gasteiger partial charge in [-0.15, -0.1) is 0 Å². The zero-order valence-corrected chi connectivity index (χ0v) is 23.4. The van der Waals surface area contributed by atoms with E-state index in [0.717, 1.165) is 22.1 Å². The van der Waals surface area contributed by atoms with Crippen molar-refractivity contribution in [2.75, 3.05) is 60.0 Å². The van der Waals surface area contributed by atoms with Crippen molar-refractivity contribution in [1.29, 1.82) is 0 Å². The van der Waals surface area contributed by atoms with E-state index in [-0.39, 0.29) is 44.8 Å². The predicted octanol–water partition coefficient (Wildman–Crippen LogP) is 6.05. The van der Waals surface area contributed by atoms with Crippen LogP contribution in [-0.2, 0) is 21.1 Å². The third kappa shape index (κ3) is 16.7. The molecule has 0 radical (unpaired) electrons. The second kappa shape index (κ2) is 16.9. The fourth-order valence-electron chi connectivity index (χ4n) is 1.57. The van der Waals surface area contributed by atoms with E-state index in [1.165, 1.54) is 0 Å². The van der Waals surface area contributed by atoms with Gasteiger partial charge in [0.25, 0.3) is 0 Å². The van der Waals surface area contributed by atoms with Crippen molar-refractivity contribution in [2.24, 2.45) is 0 Å². The second-order valence-corrected chi connectivity index (χ2v) is 16.7. The quantitative estimate of drug-likeness (QED) is 0.210. The SMILES string of the molecule is C[PH+](C)C.C[PH+](C)C.C[PH+](C)C.[Mo].c1ccc2nc3ccccc3nc2c1. The molecule has 27 heavy (non-hydrogen) atoms. The first kappa shape index (κ1) is 29.2. The van der Waals surface area contributed by atoms with Crippen LogP contribution in [0.2, 0.25) is 0 Å². The van der Waals surface area contributed by atoms with Crippen molar-refractivity contribution in [3.05, 3.63) is 48.5 Å². The largest absolute Gasteiger partial charge is 0.245 e. The zero-order chi connectivity index (χ0) is 20.1. The average molecular weight is 507 g/mol. The Hall–Kier alpha value is 0.0183. The van der Waals surface area contributed by atoms with Crippen LogP contribution in [-0.4, -0.2) is 70.0 Å². The first-order chi connectivity index (χ1) is 12.1. The molecule has 0 amide bonds. The Balaban J connectivity index is 0. The first-order valence-corrected chi connectivity index (χ1v) is 18.0. The maximum atomic E-state index is 4.52. The molecule has 0 aliphatic heterocycles. The summed E-state index contributed by atoms with van der Waals surface area (Å²) >= 11 is 0. The number of fused-ring (bicyclic) bond motifs is 2. The molecule has 2 nitrogen and oxygen atoms in total. The molecular formula is C21H38MoN2P3+3. The molecule has 0 bridgehead atoms. The van der Waals surface area contributed by atoms with E-state index in [9.17, 15) is 0 Å². The molecule has 0 N–H and O–H groups in total. The zero-order valence-electron chi connectivity index (χ0n) is 18.4. The van der Waals surface area contributed by atoms with E-state index in [2.05, 4.69) is 70.0 Å². The normalized spacial score (nSPS) is 9.63. The maximum absolute atomic E-state index is 4.52. The molecule has 0 atom stereocenters. The molecule has 0 unspecified atom stereocenters. The van der Waals surface area contributed by atoms with E-state index in [1.54, 1.807) is 0 Å². The summed E-state index contributed by atoms with van der Waals surface area (Å²) in [5, 5.41) is 0. The van der Waals surface area contributed by atoms with Crippen LogP contribution < -0.4 is 0 Å². The Labute approximate surface area is 184 Å². The van der Waals surface area contributed by atoms with Crippen LogP contribution in [0.1, 0.15) is 0 Å². The van der Waals surface area contributed by atoms with Crippen LogP contribution in [0.15, 0.2) is 48.5 Å². The van der Waals surface area contributed by atoms with E-state index in [1.807, 2.05) is 48.5 Å². The first-order valence-electron chi connectivity index (χ1n) is 9.05. The van der Waals surface area contributed by atoms with Gasteiger partial charge in [-0.1, -0.05) is 24.3 Å². The Morgan fingerprint density at radius 1 is 0.444 bits per heavy atom. The van der Waals surface area contributed by atoms with Gasteiger partial charge in [0, 0.05) is 81.0 Å². The third-order valence-corrected chi connectivity index (χ3v) is 2.25. The summed E-state index contributed by atoms with van der Waals surface area (Å²) in [4.78, 5) is 9.03. The molecule has 0 aliphatic carbocycles. The monoisotopic (exact) mass is 509 g/mol. The van der Waals surface area contributed by atoms with E-state index in [4.69, 9.17) is 0 Å². The summed E-state index contributed by atoms with van der Waals surface area (Å²) in [6.45, 7) is 20.4. The van der Waals surface area contributed by atoms with Gasteiger partial charge in [-0.3, -0.25) is 0 Å². The fourth-order valence-corrected chi connectivity index (χ4v) is 1.57. The van der Waals surface area contributed by atoms with Crippen molar-refractivity contribution in [3.8, 4) is 0 Å². The van der Waals surface area contributed by atoms with E-state index in [0.29, 0.717) is 0 Å². The van der Waals surface area contributed by atoms with Gasteiger partial charge in [-0.05, 0) is 48.0 Å². The number of benzene rings is 2. The third-order valence-electron chi connectivity index (χ3n) is 2.25. The van der Waals surface area contributed by atoms with Gasteiger partial charge >= 0.3 is 0 Å². The van der Waals surface area contributed by atoms with Gasteiger partial charge in [0.05, 0.1) is 22.1 Å². The second-order valence-electron chi connectivity index (χ2n) is 7.70. The number of aromatic nitrogens is 2. The van der Waals surface area contributed by atoms with Crippen LogP contribution in [0.3, 0.4) is 0 Å². The van der Waals surface area contributed by atoms with Crippen molar-refractivity contribution in [3.63, 3.8) is 0 Å². The van der Waals surface area contributed by atoms with Crippen molar-refractivity contribution in [2.45, 2.75) is 0 Å². The van der Waals surface area contributed by atoms with Crippen LogP contribution in [0.25, 0.3) is 22.1 Å². The Bertz CT molecular complexity index is 622. The smallest absolute Gasteiger partial charge is 0.0894 e. The van der Waals surface area contributed by atoms with Crippen molar-refractivity contribution in [1.82, 2.24) is 9.97 Å². The summed E-state index contributed by atoms with van der Waals surface area (Å²) in [6, 6.07) is 15.8. The number of hydrogen-bond acceptors (Lipinski definition) is 2. The number of rotatable bonds is 0. The van der Waals surface area contributed by atoms with E-state index < -0.39 is 0 Å². The predicted molar refractivity (Wildman–Crippen MR) is 135 cm³/mol. The van der Waals surface area contributed by atoms with Crippen molar-refractivity contribution >= 4 is 45.8 Å². The molecule has 3 aromatic rings. The van der Waals surface area contributed by atoms with E-state index >= 15 is 0 Å². The molecule has 3 rings (SSSR count). The number of nitrogens with zero attached hydrogens (tertiary/aromatic N) is 2. The molecular weight excluding hydrogens is 469 g/mol. The maximum Gasteiger partial charge on any atom is 0.0894 e. The Morgan fingerprint density at radius 3 is 0.741 bits per heavy atom. The fraction of sp³-hybridized carbons (Fsp3) is 0.429. The van der Waals surface area contributed by atoms with Crippen LogP contribution in [0, 0.1) is 0 Å². The van der Waals surface area contributed by atoms with Gasteiger partial charge in [0.1, 0.15) is 0 Å². The van der Waals surface area contributed by atoms with Crippen LogP contribution >= 0.6 is 23.8 Å². The van der Waals surface area contributed by atoms with Gasteiger partial charge in [-0.2, -0.15) is 0 Å². The average Bonchev–Trinajstić information content (AvgIpc) is 2.51. The molecule has 0 fully saturated rings. The Morgan fingerprint density at radius 2 is 0.593 bits per heavy atom. The summed E-state index contributed by atoms with van der Waals surface area (Å²) in [7, 11) is 0.361. The van der Waals surface area contributed by atoms with Gasteiger partial charge < -0.3 is 0 Å². The molecule has 1 heterocycles. The van der Waals surface area contributed by atoms with Crippen molar-refractivity contribution < 1.29 is 21.1 Å². The van der Waals surface area contributed by atoms with Gasteiger partial charge in [0.2, 0.25) is 0 Å². The molecule has 0 saturated carbocycles. The molecule has 2 aromatic carbocycles. The molecule has 0 aliphatic rings. The van der Waals surface area contributed by atoms with Crippen LogP contribution in [0.4, 0.5) is 0 Å². The molecule has 0 saturated heterocycles. The molecule has 0 spiro atoms. The number of hydrogen-bond donors (Lipinski definition) is 0. The summed E-state index contributed by atoms with van der Waals surface area (Å²) in [6.07, 6.45) is 0. The summed E-state index contributed by atoms with van der Waals surface area (Å²) < 4.78 is 0. The standard InChI is InChI=1S/C12H8N2.3C3H9P.Mo/c1-2-6-10-9(5-1)13-11-7-3-4-8-12(11)14-10;3*1-4(2)3;/h1-8H;3*1-3H3;/p+3. The minimum atomic E-state index is 0. The number of para-hydroxylation sites is 4. The van der Waals surface area contributed by atoms with Crippen LogP contribution in [0.5, 0.6) is 0 Å². The van der Waals surface area contributed by atoms with Gasteiger partial charge in [0.15, 0.2) is 0 Å². The molecule has 1 aromatic heterocycles. The minimum Gasteiger partial charge on any atom is -0.245 e. The topological polar surface area (TPSA) is 25.8 Å². The molecule has 150 valence electrons.